The van der Waals surface area contributed by atoms with E-state index in [-0.39, 0.29) is 24.6 Å². The van der Waals surface area contributed by atoms with E-state index in [0.717, 1.165) is 77.0 Å². The average Bonchev–Trinajstić information content (AvgIpc) is 1.29. The highest BCUT2D eigenvalue weighted by molar-refractivity contribution is 7.59. The van der Waals surface area contributed by atoms with Gasteiger partial charge in [0.1, 0.15) is 24.6 Å². The van der Waals surface area contributed by atoms with Crippen LogP contribution in [0, 0.1) is 5.41 Å². The smallest absolute Gasteiger partial charge is 0.396 e. The maximum absolute atomic E-state index is 8.87. The molecule has 0 heterocycles. The zero-order chi connectivity index (χ0) is 74.5. The van der Waals surface area contributed by atoms with Crippen molar-refractivity contribution in [3.63, 3.8) is 0 Å². The van der Waals surface area contributed by atoms with Crippen LogP contribution in [-0.2, 0) is 25.7 Å². The molecule has 0 aliphatic carbocycles. The van der Waals surface area contributed by atoms with Gasteiger partial charge in [0, 0.05) is 0 Å². The highest BCUT2D eigenvalue weighted by atomic mass is 31.2. The number of hydrogen-bond acceptors (Lipinski definition) is 16. The van der Waals surface area contributed by atoms with Crippen LogP contribution in [-0.4, -0.2) is 130 Å². The first-order valence-electron chi connectivity index (χ1n) is 39.4. The highest BCUT2D eigenvalue weighted by Gasteiger charge is 2.30. The zero-order valence-corrected chi connectivity index (χ0v) is 66.2. The fourth-order valence-electron chi connectivity index (χ4n) is 11.9. The Morgan fingerprint density at radius 1 is 0.168 bits per heavy atom. The molecule has 0 unspecified atom stereocenters. The SMILES string of the molecule is OCC(CO)(CO)CO.O[P+](O)(O)CCCCCCCCCCCCCc1ccccc1.O[P+](O)(O)CCCCCCCCCCCCCc1ccccc1.O[P+](O)(O)CCCCCCCCCCCCCc1ccccc1.O[P+](O)(O)CCCCCCCCCCCCCc1ccccc1. The fraction of sp³-hybridized carbons (Fsp3) is 0.704. The molecule has 0 fully saturated rings. The van der Waals surface area contributed by atoms with E-state index in [2.05, 4.69) is 121 Å². The molecule has 0 spiro atoms. The summed E-state index contributed by atoms with van der Waals surface area (Å²) in [7, 11) is -14.1. The third-order valence-corrected chi connectivity index (χ3v) is 22.1. The second kappa shape index (κ2) is 68.5. The van der Waals surface area contributed by atoms with Gasteiger partial charge < -0.3 is 20.4 Å². The molecule has 4 aromatic carbocycles. The summed E-state index contributed by atoms with van der Waals surface area (Å²) < 4.78 is 0. The highest BCUT2D eigenvalue weighted by Crippen LogP contribution is 2.47. The standard InChI is InChI=1S/4C19H34O3P.C5H12O4/c4*20-23(21,22)18-14-9-7-5-3-1-2-4-6-8-11-15-19-16-12-10-13-17-19;6-1-5(2-7,3-8)4-9/h4*10,12-13,16-17,20-22H,1-9,11,14-15,18H2;6-9H,1-4H2/q4*+1;. The van der Waals surface area contributed by atoms with E-state index in [1.807, 2.05) is 0 Å². The quantitative estimate of drug-likeness (QED) is 0.0144. The number of aliphatic hydroxyl groups is 4. The molecule has 0 aliphatic heterocycles. The minimum absolute atomic E-state index is 0.163. The Labute approximate surface area is 616 Å². The Morgan fingerprint density at radius 3 is 0.396 bits per heavy atom. The van der Waals surface area contributed by atoms with Crippen molar-refractivity contribution in [2.24, 2.45) is 5.41 Å². The van der Waals surface area contributed by atoms with Crippen molar-refractivity contribution in [3.05, 3.63) is 144 Å². The van der Waals surface area contributed by atoms with Crippen molar-refractivity contribution < 1.29 is 79.1 Å². The van der Waals surface area contributed by atoms with Gasteiger partial charge in [-0.2, -0.15) is 58.7 Å². The second-order valence-electron chi connectivity index (χ2n) is 28.3. The first kappa shape index (κ1) is 99.0. The third-order valence-electron chi connectivity index (χ3n) is 18.4. The monoisotopic (exact) mass is 1500 g/mol. The summed E-state index contributed by atoms with van der Waals surface area (Å²) in [6, 6.07) is 42.9. The van der Waals surface area contributed by atoms with Gasteiger partial charge in [-0.3, -0.25) is 0 Å². The minimum Gasteiger partial charge on any atom is -0.396 e. The molecule has 0 bridgehead atoms. The molecular weight excluding hydrogens is 1350 g/mol. The van der Waals surface area contributed by atoms with Gasteiger partial charge in [-0.25, -0.2) is 0 Å². The Balaban J connectivity index is 0.00000127. The Bertz CT molecular complexity index is 1970. The molecule has 0 atom stereocenters. The van der Waals surface area contributed by atoms with E-state index in [4.69, 9.17) is 79.1 Å². The van der Waals surface area contributed by atoms with Crippen LogP contribution in [0.4, 0.5) is 0 Å². The van der Waals surface area contributed by atoms with Gasteiger partial charge in [-0.1, -0.05) is 327 Å². The molecule has 0 aliphatic rings. The molecule has 0 saturated heterocycles. The maximum Gasteiger partial charge on any atom is 0.403 e. The third kappa shape index (κ3) is 74.6. The van der Waals surface area contributed by atoms with E-state index in [1.54, 1.807) is 0 Å². The summed E-state index contributed by atoms with van der Waals surface area (Å²) >= 11 is 0. The van der Waals surface area contributed by atoms with Gasteiger partial charge in [0.25, 0.3) is 0 Å². The van der Waals surface area contributed by atoms with Crippen LogP contribution in [0.2, 0.25) is 0 Å². The van der Waals surface area contributed by atoms with Crippen LogP contribution < -0.4 is 0 Å². The molecule has 0 aromatic heterocycles. The molecule has 0 radical (unpaired) electrons. The number of aliphatic hydroxyl groups excluding tert-OH is 4. The molecule has 16 N–H and O–H groups in total. The first-order chi connectivity index (χ1) is 48.6. The molecule has 0 saturated carbocycles. The van der Waals surface area contributed by atoms with Crippen molar-refractivity contribution in [1.29, 1.82) is 0 Å². The van der Waals surface area contributed by atoms with Crippen molar-refractivity contribution >= 4 is 31.8 Å². The summed E-state index contributed by atoms with van der Waals surface area (Å²) in [6.07, 6.45) is 58.8. The summed E-state index contributed by atoms with van der Waals surface area (Å²) in [4.78, 5) is 106. The van der Waals surface area contributed by atoms with E-state index < -0.39 is 63.6 Å². The molecule has 0 amide bonds. The number of benzene rings is 4. The molecule has 4 aromatic rings. The second-order valence-corrected chi connectivity index (χ2v) is 35.6. The Kier molecular flexibility index (Phi) is 67.1. The van der Waals surface area contributed by atoms with Crippen molar-refractivity contribution in [2.75, 3.05) is 51.1 Å². The van der Waals surface area contributed by atoms with Crippen LogP contribution in [0.15, 0.2) is 121 Å². The van der Waals surface area contributed by atoms with Crippen molar-refractivity contribution in [1.82, 2.24) is 0 Å². The Hall–Kier alpha value is -2.04. The molecule has 16 nitrogen and oxygen atoms in total. The molecule has 20 heteroatoms. The van der Waals surface area contributed by atoms with Crippen LogP contribution in [0.25, 0.3) is 0 Å². The lowest BCUT2D eigenvalue weighted by Crippen LogP contribution is -2.37. The van der Waals surface area contributed by atoms with E-state index in [0.29, 0.717) is 0 Å². The molecule has 101 heavy (non-hydrogen) atoms. The van der Waals surface area contributed by atoms with Crippen LogP contribution in [0.5, 0.6) is 0 Å². The minimum atomic E-state index is -3.52. The van der Waals surface area contributed by atoms with Gasteiger partial charge in [0.2, 0.25) is 0 Å². The average molecular weight is 1500 g/mol. The summed E-state index contributed by atoms with van der Waals surface area (Å²) in [5.74, 6) is 0. The van der Waals surface area contributed by atoms with Crippen LogP contribution in [0.1, 0.15) is 305 Å². The zero-order valence-electron chi connectivity index (χ0n) is 62.6. The predicted molar refractivity (Wildman–Crippen MR) is 428 cm³/mol. The largest absolute Gasteiger partial charge is 0.403 e. The van der Waals surface area contributed by atoms with Crippen LogP contribution in [0.3, 0.4) is 0 Å². The number of hydrogen-bond donors (Lipinski definition) is 16. The summed E-state index contributed by atoms with van der Waals surface area (Å²) in [5.41, 5.74) is 4.71. The normalized spacial score (nSPS) is 11.8. The number of unbranched alkanes of at least 4 members (excludes halogenated alkanes) is 40. The predicted octanol–water partition coefficient (Wildman–Crippen LogP) is 19.0. The van der Waals surface area contributed by atoms with Gasteiger partial charge in [0.15, 0.2) is 0 Å². The van der Waals surface area contributed by atoms with Crippen molar-refractivity contribution in [2.45, 2.75) is 308 Å². The van der Waals surface area contributed by atoms with E-state index in [9.17, 15) is 0 Å². The van der Waals surface area contributed by atoms with E-state index >= 15 is 0 Å². The van der Waals surface area contributed by atoms with E-state index in [1.165, 1.54) is 253 Å². The lowest BCUT2D eigenvalue weighted by Gasteiger charge is -2.23. The van der Waals surface area contributed by atoms with Gasteiger partial charge in [0.05, 0.1) is 31.8 Å². The fourth-order valence-corrected chi connectivity index (χ4v) is 14.4. The Morgan fingerprint density at radius 2 is 0.287 bits per heavy atom. The van der Waals surface area contributed by atoms with Gasteiger partial charge in [-0.05, 0) is 125 Å². The van der Waals surface area contributed by atoms with Gasteiger partial charge >= 0.3 is 31.8 Å². The van der Waals surface area contributed by atoms with Crippen molar-refractivity contribution in [3.8, 4) is 0 Å². The van der Waals surface area contributed by atoms with Crippen LogP contribution >= 0.6 is 31.8 Å². The first-order valence-corrected chi connectivity index (χ1v) is 46.7. The number of aryl methyl sites for hydroxylation is 4. The molecule has 4 rings (SSSR count). The number of rotatable bonds is 60. The molecular formula is C81H148O16P4+4. The van der Waals surface area contributed by atoms with Gasteiger partial charge in [-0.15, -0.1) is 0 Å². The molecule has 584 valence electrons. The lowest BCUT2D eigenvalue weighted by molar-refractivity contribution is -0.0328. The topological polar surface area (TPSA) is 324 Å². The maximum atomic E-state index is 8.87. The lowest BCUT2D eigenvalue weighted by atomic mass is 9.93. The summed E-state index contributed by atoms with van der Waals surface area (Å²) in [5, 5.41) is 34.0. The summed E-state index contributed by atoms with van der Waals surface area (Å²) in [6.45, 7) is -1.62.